The molecule has 2 atom stereocenters. The summed E-state index contributed by atoms with van der Waals surface area (Å²) in [6.45, 7) is 4.04. The maximum Gasteiger partial charge on any atom is 0.262 e. The first-order valence-electron chi connectivity index (χ1n) is 12.1. The first kappa shape index (κ1) is 24.8. The fourth-order valence-corrected chi connectivity index (χ4v) is 5.38. The Bertz CT molecular complexity index is 1370. The molecule has 0 radical (unpaired) electrons. The highest BCUT2D eigenvalue weighted by Gasteiger charge is 2.39. The Morgan fingerprint density at radius 1 is 1.00 bits per heavy atom. The number of nitrogens with zero attached hydrogens (tertiary/aromatic N) is 3. The molecule has 2 aliphatic rings. The van der Waals surface area contributed by atoms with Crippen molar-refractivity contribution in [3.05, 3.63) is 95.1 Å². The Morgan fingerprint density at radius 2 is 1.65 bits per heavy atom. The summed E-state index contributed by atoms with van der Waals surface area (Å²) in [6.07, 6.45) is 0.710. The highest BCUT2D eigenvalue weighted by molar-refractivity contribution is 8.15. The number of nitrogens with one attached hydrogen (secondary N) is 1. The molecule has 0 saturated heterocycles. The molecule has 0 unspecified atom stereocenters. The van der Waals surface area contributed by atoms with Gasteiger partial charge >= 0.3 is 0 Å². The standard InChI is InChI=1S/C29H28N4O3S/c1-18-4-8-20(9-5-18)24-16-25(21-10-14-23(36-3)15-11-21)33(32-24)29-31-28(35)26(37-29)17-27(34)30-22-12-6-19(2)7-13-22/h4-15,25-26H,16-17H2,1-3H3,(H,30,34)/t25-,26+/m1/s1. The largest absolute Gasteiger partial charge is 0.497 e. The van der Waals surface area contributed by atoms with Gasteiger partial charge in [-0.3, -0.25) is 9.59 Å². The summed E-state index contributed by atoms with van der Waals surface area (Å²) in [6, 6.07) is 23.6. The van der Waals surface area contributed by atoms with Crippen LogP contribution in [0.1, 0.15) is 41.1 Å². The van der Waals surface area contributed by atoms with Crippen LogP contribution in [-0.2, 0) is 9.59 Å². The van der Waals surface area contributed by atoms with Crippen molar-refractivity contribution in [2.45, 2.75) is 38.0 Å². The van der Waals surface area contributed by atoms with E-state index < -0.39 is 5.25 Å². The van der Waals surface area contributed by atoms with Gasteiger partial charge in [0.05, 0.1) is 18.9 Å². The van der Waals surface area contributed by atoms with Crippen LogP contribution in [-0.4, -0.2) is 40.1 Å². The molecule has 0 aromatic heterocycles. The Kier molecular flexibility index (Phi) is 7.10. The summed E-state index contributed by atoms with van der Waals surface area (Å²) in [5.41, 5.74) is 6.01. The smallest absolute Gasteiger partial charge is 0.262 e. The predicted molar refractivity (Wildman–Crippen MR) is 148 cm³/mol. The number of amides is 2. The zero-order valence-corrected chi connectivity index (χ0v) is 21.8. The van der Waals surface area contributed by atoms with Crippen molar-refractivity contribution < 1.29 is 14.3 Å². The molecule has 7 nitrogen and oxygen atoms in total. The molecule has 37 heavy (non-hydrogen) atoms. The number of amidine groups is 1. The van der Waals surface area contributed by atoms with Gasteiger partial charge in [-0.2, -0.15) is 10.1 Å². The SMILES string of the molecule is COc1ccc([C@H]2CC(c3ccc(C)cc3)=NN2C2=NC(=O)[C@H](CC(=O)Nc3ccc(C)cc3)S2)cc1. The number of benzene rings is 3. The van der Waals surface area contributed by atoms with E-state index in [1.165, 1.54) is 17.3 Å². The monoisotopic (exact) mass is 512 g/mol. The second-order valence-electron chi connectivity index (χ2n) is 9.21. The van der Waals surface area contributed by atoms with Crippen molar-refractivity contribution in [1.29, 1.82) is 0 Å². The van der Waals surface area contributed by atoms with Crippen LogP contribution in [0.4, 0.5) is 5.69 Å². The first-order chi connectivity index (χ1) is 17.9. The molecule has 2 aliphatic heterocycles. The maximum atomic E-state index is 12.8. The highest BCUT2D eigenvalue weighted by Crippen LogP contribution is 2.39. The minimum absolute atomic E-state index is 0.0416. The van der Waals surface area contributed by atoms with Crippen molar-refractivity contribution in [2.75, 3.05) is 12.4 Å². The summed E-state index contributed by atoms with van der Waals surface area (Å²) < 4.78 is 5.32. The van der Waals surface area contributed by atoms with Gasteiger partial charge in [-0.25, -0.2) is 5.01 Å². The Balaban J connectivity index is 1.35. The summed E-state index contributed by atoms with van der Waals surface area (Å²) in [5, 5.41) is 9.54. The van der Waals surface area contributed by atoms with Crippen molar-refractivity contribution in [3.63, 3.8) is 0 Å². The van der Waals surface area contributed by atoms with E-state index in [0.717, 1.165) is 28.2 Å². The number of aliphatic imine (C=N–C) groups is 1. The van der Waals surface area contributed by atoms with Gasteiger partial charge in [0.25, 0.3) is 5.91 Å². The normalized spacial score (nSPS) is 19.0. The van der Waals surface area contributed by atoms with Gasteiger partial charge in [0.15, 0.2) is 5.17 Å². The predicted octanol–water partition coefficient (Wildman–Crippen LogP) is 5.49. The highest BCUT2D eigenvalue weighted by atomic mass is 32.2. The fourth-order valence-electron chi connectivity index (χ4n) is 4.31. The molecule has 0 bridgehead atoms. The summed E-state index contributed by atoms with van der Waals surface area (Å²) in [4.78, 5) is 29.8. The maximum absolute atomic E-state index is 12.8. The van der Waals surface area contributed by atoms with Crippen LogP contribution in [0.3, 0.4) is 0 Å². The molecular formula is C29H28N4O3S. The molecule has 1 N–H and O–H groups in total. The first-order valence-corrected chi connectivity index (χ1v) is 13.0. The number of anilines is 1. The van der Waals surface area contributed by atoms with Crippen LogP contribution in [0.25, 0.3) is 0 Å². The molecule has 0 fully saturated rings. The van der Waals surface area contributed by atoms with Crippen LogP contribution < -0.4 is 10.1 Å². The molecule has 2 amide bonds. The molecular weight excluding hydrogens is 484 g/mol. The lowest BCUT2D eigenvalue weighted by atomic mass is 9.98. The minimum Gasteiger partial charge on any atom is -0.497 e. The van der Waals surface area contributed by atoms with E-state index in [0.29, 0.717) is 17.3 Å². The van der Waals surface area contributed by atoms with E-state index in [9.17, 15) is 9.59 Å². The lowest BCUT2D eigenvalue weighted by Gasteiger charge is -2.23. The third kappa shape index (κ3) is 5.59. The summed E-state index contributed by atoms with van der Waals surface area (Å²) in [7, 11) is 1.64. The topological polar surface area (TPSA) is 83.4 Å². The van der Waals surface area contributed by atoms with E-state index >= 15 is 0 Å². The fraction of sp³-hybridized carbons (Fsp3) is 0.241. The van der Waals surface area contributed by atoms with Gasteiger partial charge in [-0.1, -0.05) is 71.4 Å². The molecule has 0 spiro atoms. The van der Waals surface area contributed by atoms with Gasteiger partial charge in [-0.15, -0.1) is 0 Å². The van der Waals surface area contributed by atoms with Crippen molar-refractivity contribution >= 4 is 40.1 Å². The van der Waals surface area contributed by atoms with E-state index in [4.69, 9.17) is 9.84 Å². The second-order valence-corrected chi connectivity index (χ2v) is 10.4. The van der Waals surface area contributed by atoms with Gasteiger partial charge < -0.3 is 10.1 Å². The minimum atomic E-state index is -0.587. The molecule has 3 aromatic carbocycles. The number of hydrogen-bond acceptors (Lipinski definition) is 6. The van der Waals surface area contributed by atoms with Crippen LogP contribution in [0.15, 0.2) is 82.9 Å². The number of methoxy groups -OCH3 is 1. The van der Waals surface area contributed by atoms with Crippen LogP contribution in [0.5, 0.6) is 5.75 Å². The molecule has 0 saturated carbocycles. The molecule has 2 heterocycles. The number of hydrogen-bond donors (Lipinski definition) is 1. The summed E-state index contributed by atoms with van der Waals surface area (Å²) in [5.74, 6) is 0.241. The lowest BCUT2D eigenvalue weighted by molar-refractivity contribution is -0.121. The Labute approximate surface area is 220 Å². The average molecular weight is 513 g/mol. The van der Waals surface area contributed by atoms with Crippen LogP contribution in [0.2, 0.25) is 0 Å². The molecule has 3 aromatic rings. The second kappa shape index (κ2) is 10.6. The number of carbonyl (C=O) groups excluding carboxylic acids is 2. The van der Waals surface area contributed by atoms with Gasteiger partial charge in [0.1, 0.15) is 11.0 Å². The van der Waals surface area contributed by atoms with Crippen molar-refractivity contribution in [3.8, 4) is 5.75 Å². The molecule has 188 valence electrons. The molecule has 0 aliphatic carbocycles. The van der Waals surface area contributed by atoms with E-state index in [-0.39, 0.29) is 24.3 Å². The van der Waals surface area contributed by atoms with Gasteiger partial charge in [0.2, 0.25) is 5.91 Å². The van der Waals surface area contributed by atoms with E-state index in [1.807, 2.05) is 60.5 Å². The van der Waals surface area contributed by atoms with Crippen LogP contribution >= 0.6 is 11.8 Å². The average Bonchev–Trinajstić information content (AvgIpc) is 3.50. The van der Waals surface area contributed by atoms with E-state index in [1.54, 1.807) is 7.11 Å². The number of aryl methyl sites for hydroxylation is 2. The molecule has 5 rings (SSSR count). The number of thioether (sulfide) groups is 1. The number of rotatable bonds is 6. The Morgan fingerprint density at radius 3 is 2.30 bits per heavy atom. The van der Waals surface area contributed by atoms with Crippen molar-refractivity contribution in [2.24, 2.45) is 10.1 Å². The molecule has 8 heteroatoms. The number of carbonyl (C=O) groups is 2. The van der Waals surface area contributed by atoms with Crippen molar-refractivity contribution in [1.82, 2.24) is 5.01 Å². The quantitative estimate of drug-likeness (QED) is 0.472. The van der Waals surface area contributed by atoms with Gasteiger partial charge in [-0.05, 0) is 49.2 Å². The number of hydrazone groups is 1. The number of ether oxygens (including phenoxy) is 1. The summed E-state index contributed by atoms with van der Waals surface area (Å²) >= 11 is 1.30. The Hall–Kier alpha value is -3.91. The zero-order valence-electron chi connectivity index (χ0n) is 21.0. The third-order valence-electron chi connectivity index (χ3n) is 6.43. The van der Waals surface area contributed by atoms with Crippen LogP contribution in [0, 0.1) is 13.8 Å². The lowest BCUT2D eigenvalue weighted by Crippen LogP contribution is -2.25. The van der Waals surface area contributed by atoms with Gasteiger partial charge in [0, 0.05) is 18.5 Å². The third-order valence-corrected chi connectivity index (χ3v) is 7.57. The van der Waals surface area contributed by atoms with E-state index in [2.05, 4.69) is 41.5 Å². The zero-order chi connectivity index (χ0) is 25.9.